The summed E-state index contributed by atoms with van der Waals surface area (Å²) in [7, 11) is -0.425. The van der Waals surface area contributed by atoms with Crippen LogP contribution in [0.4, 0.5) is 0 Å². The van der Waals surface area contributed by atoms with Gasteiger partial charge in [-0.1, -0.05) is 48.4 Å². The van der Waals surface area contributed by atoms with Crippen LogP contribution in [0.1, 0.15) is 12.8 Å². The van der Waals surface area contributed by atoms with Gasteiger partial charge in [0.2, 0.25) is 0 Å². The zero-order valence-corrected chi connectivity index (χ0v) is 10.5. The molecule has 0 bridgehead atoms. The lowest BCUT2D eigenvalue weighted by Gasteiger charge is -2.27. The molecular formula is C12H17PSi. The molecule has 2 fully saturated rings. The number of hydrogen-bond donors (Lipinski definition) is 0. The minimum absolute atomic E-state index is 0.485. The highest BCUT2D eigenvalue weighted by molar-refractivity contribution is 7.98. The van der Waals surface area contributed by atoms with Gasteiger partial charge in [0.25, 0.3) is 0 Å². The zero-order chi connectivity index (χ0) is 9.43. The van der Waals surface area contributed by atoms with E-state index >= 15 is 0 Å². The fourth-order valence-corrected chi connectivity index (χ4v) is 18.1. The third kappa shape index (κ3) is 1.22. The number of hydrogen-bond acceptors (Lipinski definition) is 0. The van der Waals surface area contributed by atoms with E-state index in [4.69, 9.17) is 0 Å². The smallest absolute Gasteiger partial charge is 0.113 e. The van der Waals surface area contributed by atoms with Gasteiger partial charge in [-0.2, -0.15) is 0 Å². The van der Waals surface area contributed by atoms with Gasteiger partial charge < -0.3 is 0 Å². The summed E-state index contributed by atoms with van der Waals surface area (Å²) in [6.07, 6.45) is 6.31. The maximum atomic E-state index is 2.43. The lowest BCUT2D eigenvalue weighted by molar-refractivity contribution is 1.03. The van der Waals surface area contributed by atoms with Gasteiger partial charge in [-0.05, 0) is 24.4 Å². The average molecular weight is 220 g/mol. The third-order valence-electron chi connectivity index (χ3n) is 3.95. The first kappa shape index (κ1) is 9.12. The van der Waals surface area contributed by atoms with E-state index in [0.717, 1.165) is 0 Å². The van der Waals surface area contributed by atoms with Crippen LogP contribution < -0.4 is 5.19 Å². The molecule has 14 heavy (non-hydrogen) atoms. The van der Waals surface area contributed by atoms with Crippen LogP contribution in [0.5, 0.6) is 0 Å². The van der Waals surface area contributed by atoms with Gasteiger partial charge in [0, 0.05) is 0 Å². The minimum atomic E-state index is -0.910. The summed E-state index contributed by atoms with van der Waals surface area (Å²) in [6, 6.07) is 14.8. The van der Waals surface area contributed by atoms with Gasteiger partial charge in [-0.25, -0.2) is 0 Å². The Morgan fingerprint density at radius 2 is 1.57 bits per heavy atom. The van der Waals surface area contributed by atoms with E-state index in [0.29, 0.717) is 7.47 Å². The molecule has 0 nitrogen and oxygen atoms in total. The van der Waals surface area contributed by atoms with Crippen molar-refractivity contribution in [3.63, 3.8) is 0 Å². The molecule has 1 aromatic carbocycles. The largest absolute Gasteiger partial charge is 0.113 e. The predicted octanol–water partition coefficient (Wildman–Crippen LogP) is 3.13. The van der Waals surface area contributed by atoms with Crippen LogP contribution in [0.15, 0.2) is 30.3 Å². The van der Waals surface area contributed by atoms with E-state index in [9.17, 15) is 0 Å². The molecule has 2 heteroatoms. The maximum Gasteiger partial charge on any atom is 0.113 e. The van der Waals surface area contributed by atoms with Crippen molar-refractivity contribution in [1.82, 2.24) is 0 Å². The highest BCUT2D eigenvalue weighted by atomic mass is 31.4. The van der Waals surface area contributed by atoms with Gasteiger partial charge >= 0.3 is 0 Å². The lowest BCUT2D eigenvalue weighted by Crippen LogP contribution is -2.40. The number of benzene rings is 1. The highest BCUT2D eigenvalue weighted by Crippen LogP contribution is 2.62. The van der Waals surface area contributed by atoms with Crippen LogP contribution in [0, 0.1) is 0 Å². The molecule has 0 spiro atoms. The summed E-state index contributed by atoms with van der Waals surface area (Å²) in [5.74, 6) is 0. The zero-order valence-electron chi connectivity index (χ0n) is 8.58. The molecular weight excluding hydrogens is 203 g/mol. The van der Waals surface area contributed by atoms with Crippen molar-refractivity contribution in [1.29, 1.82) is 0 Å². The molecule has 1 aromatic rings. The van der Waals surface area contributed by atoms with Crippen molar-refractivity contribution in [2.45, 2.75) is 24.9 Å². The number of fused-ring (bicyclic) bond motifs is 1. The average Bonchev–Trinajstić information content (AvgIpc) is 2.77. The quantitative estimate of drug-likeness (QED) is 0.504. The Kier molecular flexibility index (Phi) is 2.26. The Morgan fingerprint density at radius 1 is 0.929 bits per heavy atom. The minimum Gasteiger partial charge on any atom is -0.113 e. The molecule has 2 heterocycles. The molecule has 0 aromatic heterocycles. The van der Waals surface area contributed by atoms with Crippen LogP contribution in [0.25, 0.3) is 0 Å². The first-order valence-electron chi connectivity index (χ1n) is 5.72. The normalized spacial score (nSPS) is 35.9. The van der Waals surface area contributed by atoms with Crippen LogP contribution in [-0.4, -0.2) is 20.1 Å². The van der Waals surface area contributed by atoms with Crippen LogP contribution >= 0.6 is 7.47 Å². The van der Waals surface area contributed by atoms with Crippen LogP contribution in [0.3, 0.4) is 0 Å². The lowest BCUT2D eigenvalue weighted by atomic mass is 10.4. The number of rotatable bonds is 1. The van der Waals surface area contributed by atoms with E-state index in [1.54, 1.807) is 42.4 Å². The highest BCUT2D eigenvalue weighted by Gasteiger charge is 2.48. The van der Waals surface area contributed by atoms with E-state index in [1.807, 2.05) is 0 Å². The first-order chi connectivity index (χ1) is 6.92. The van der Waals surface area contributed by atoms with Gasteiger partial charge in [0.05, 0.1) is 0 Å². The van der Waals surface area contributed by atoms with E-state index in [1.165, 1.54) is 0 Å². The summed E-state index contributed by atoms with van der Waals surface area (Å²) in [6.45, 7) is 0. The second kappa shape index (κ2) is 3.47. The van der Waals surface area contributed by atoms with Crippen LogP contribution in [0.2, 0.25) is 12.1 Å². The van der Waals surface area contributed by atoms with Crippen molar-refractivity contribution in [3.8, 4) is 0 Å². The Bertz CT molecular complexity index is 312. The third-order valence-corrected chi connectivity index (χ3v) is 17.7. The molecule has 0 radical (unpaired) electrons. The van der Waals surface area contributed by atoms with Crippen molar-refractivity contribution in [2.24, 2.45) is 0 Å². The van der Waals surface area contributed by atoms with Gasteiger partial charge in [0.1, 0.15) is 7.74 Å². The fourth-order valence-electron chi connectivity index (χ4n) is 3.33. The molecule has 74 valence electrons. The van der Waals surface area contributed by atoms with E-state index < -0.39 is 7.74 Å². The van der Waals surface area contributed by atoms with Crippen molar-refractivity contribution < 1.29 is 0 Å². The second-order valence-corrected chi connectivity index (χ2v) is 14.7. The molecule has 2 aliphatic heterocycles. The fraction of sp³-hybridized carbons (Fsp3) is 0.500. The summed E-state index contributed by atoms with van der Waals surface area (Å²) in [4.78, 5) is 0. The summed E-state index contributed by atoms with van der Waals surface area (Å²) in [5.41, 5.74) is 0. The monoisotopic (exact) mass is 220 g/mol. The standard InChI is InChI=1S/C12H17PSi/c1-2-6-12(7-3-1)14-10-4-8-13(14)9-5-11-14/h1-3,6-7H,4-5,8-11H2. The maximum absolute atomic E-state index is 2.43. The molecule has 0 saturated carbocycles. The van der Waals surface area contributed by atoms with Gasteiger partial charge in [-0.15, -0.1) is 7.47 Å². The Morgan fingerprint density at radius 3 is 2.21 bits per heavy atom. The topological polar surface area (TPSA) is 0 Å². The predicted molar refractivity (Wildman–Crippen MR) is 67.3 cm³/mol. The second-order valence-electron chi connectivity index (χ2n) is 4.59. The van der Waals surface area contributed by atoms with Crippen molar-refractivity contribution in [3.05, 3.63) is 30.3 Å². The Balaban J connectivity index is 2.03. The van der Waals surface area contributed by atoms with Crippen molar-refractivity contribution in [2.75, 3.05) is 12.3 Å². The molecule has 0 aliphatic carbocycles. The molecule has 3 rings (SSSR count). The van der Waals surface area contributed by atoms with Crippen LogP contribution in [-0.2, 0) is 0 Å². The molecule has 2 aliphatic rings. The molecule has 0 N–H and O–H groups in total. The Labute approximate surface area is 88.3 Å². The molecule has 2 saturated heterocycles. The molecule has 0 atom stereocenters. The summed E-state index contributed by atoms with van der Waals surface area (Å²) in [5, 5.41) is 1.79. The summed E-state index contributed by atoms with van der Waals surface area (Å²) >= 11 is 0. The Hall–Kier alpha value is -0.133. The molecule has 0 unspecified atom stereocenters. The van der Waals surface area contributed by atoms with E-state index in [-0.39, 0.29) is 0 Å². The molecule has 0 amide bonds. The van der Waals surface area contributed by atoms with Crippen molar-refractivity contribution >= 4 is 20.4 Å². The van der Waals surface area contributed by atoms with Gasteiger partial charge in [0.15, 0.2) is 0 Å². The SMILES string of the molecule is c1ccc([Si]23CCCP2CCC3)cc1. The van der Waals surface area contributed by atoms with Gasteiger partial charge in [-0.3, -0.25) is 0 Å². The van der Waals surface area contributed by atoms with E-state index in [2.05, 4.69) is 30.3 Å². The summed E-state index contributed by atoms with van der Waals surface area (Å²) < 4.78 is 0. The first-order valence-corrected chi connectivity index (χ1v) is 10.7.